The lowest BCUT2D eigenvalue weighted by atomic mass is 10.2. The van der Waals surface area contributed by atoms with Crippen molar-refractivity contribution in [3.63, 3.8) is 0 Å². The van der Waals surface area contributed by atoms with Gasteiger partial charge in [0.25, 0.3) is 0 Å². The van der Waals surface area contributed by atoms with Gasteiger partial charge in [0.1, 0.15) is 6.61 Å². The van der Waals surface area contributed by atoms with Crippen molar-refractivity contribution in [2.45, 2.75) is 13.0 Å². The predicted octanol–water partition coefficient (Wildman–Crippen LogP) is 2.09. The van der Waals surface area contributed by atoms with E-state index < -0.39 is 0 Å². The molecule has 1 aromatic rings. The van der Waals surface area contributed by atoms with Crippen molar-refractivity contribution in [2.24, 2.45) is 4.99 Å². The van der Waals surface area contributed by atoms with E-state index in [2.05, 4.69) is 4.99 Å². The Labute approximate surface area is 88.1 Å². The number of carbonyl (C=O) groups excluding carboxylic acids is 1. The summed E-state index contributed by atoms with van der Waals surface area (Å²) in [5.41, 5.74) is 1.07. The first kappa shape index (κ1) is 9.65. The minimum Gasteiger partial charge on any atom is -0.476 e. The maximum Gasteiger partial charge on any atom is 0.196 e. The van der Waals surface area contributed by atoms with Crippen LogP contribution in [-0.2, 0) is 16.1 Å². The van der Waals surface area contributed by atoms with Crippen molar-refractivity contribution in [3.05, 3.63) is 48.2 Å². The Bertz CT molecular complexity index is 407. The zero-order valence-electron chi connectivity index (χ0n) is 8.22. The average molecular weight is 201 g/mol. The number of benzene rings is 1. The Kier molecular flexibility index (Phi) is 2.93. The summed E-state index contributed by atoms with van der Waals surface area (Å²) in [7, 11) is 0. The van der Waals surface area contributed by atoms with Crippen LogP contribution in [0.2, 0.25) is 0 Å². The Morgan fingerprint density at radius 1 is 1.27 bits per heavy atom. The second-order valence-electron chi connectivity index (χ2n) is 3.26. The summed E-state index contributed by atoms with van der Waals surface area (Å²) in [6, 6.07) is 9.80. The second kappa shape index (κ2) is 4.55. The molecular weight excluding hydrogens is 190 g/mol. The number of ketones is 1. The molecule has 15 heavy (non-hydrogen) atoms. The van der Waals surface area contributed by atoms with Crippen molar-refractivity contribution in [3.8, 4) is 0 Å². The highest BCUT2D eigenvalue weighted by atomic mass is 16.5. The number of carbonyl (C=O) groups is 1. The molecule has 0 fully saturated rings. The lowest BCUT2D eigenvalue weighted by Crippen LogP contribution is -2.12. The average Bonchev–Trinajstić information content (AvgIpc) is 2.28. The van der Waals surface area contributed by atoms with E-state index in [4.69, 9.17) is 4.74 Å². The van der Waals surface area contributed by atoms with Gasteiger partial charge in [-0.3, -0.25) is 4.79 Å². The van der Waals surface area contributed by atoms with Gasteiger partial charge in [0.05, 0.1) is 6.42 Å². The first-order valence-electron chi connectivity index (χ1n) is 4.77. The molecule has 0 atom stereocenters. The van der Waals surface area contributed by atoms with Gasteiger partial charge in [0, 0.05) is 12.3 Å². The fourth-order valence-electron chi connectivity index (χ4n) is 1.29. The molecule has 1 aliphatic heterocycles. The molecule has 3 nitrogen and oxygen atoms in total. The highest BCUT2D eigenvalue weighted by Gasteiger charge is 2.09. The van der Waals surface area contributed by atoms with Gasteiger partial charge in [0.15, 0.2) is 11.7 Å². The number of ether oxygens (including phenoxy) is 1. The predicted molar refractivity (Wildman–Crippen MR) is 57.4 cm³/mol. The van der Waals surface area contributed by atoms with Gasteiger partial charge in [0.2, 0.25) is 0 Å². The molecule has 0 saturated carbocycles. The third-order valence-corrected chi connectivity index (χ3v) is 2.05. The number of aliphatic imine (C=N–C) groups is 1. The van der Waals surface area contributed by atoms with Gasteiger partial charge in [-0.2, -0.15) is 0 Å². The number of hydrogen-bond acceptors (Lipinski definition) is 3. The van der Waals surface area contributed by atoms with Crippen LogP contribution in [0.5, 0.6) is 0 Å². The molecule has 0 bridgehead atoms. The minimum absolute atomic E-state index is 0.0352. The molecule has 2 rings (SSSR count). The van der Waals surface area contributed by atoms with E-state index in [-0.39, 0.29) is 12.2 Å². The van der Waals surface area contributed by atoms with Gasteiger partial charge < -0.3 is 4.74 Å². The zero-order valence-corrected chi connectivity index (χ0v) is 8.22. The molecule has 0 aromatic heterocycles. The number of nitrogens with zero attached hydrogens (tertiary/aromatic N) is 1. The van der Waals surface area contributed by atoms with E-state index in [0.717, 1.165) is 5.56 Å². The molecule has 0 radical (unpaired) electrons. The molecule has 0 N–H and O–H groups in total. The van der Waals surface area contributed by atoms with Crippen LogP contribution in [0.1, 0.15) is 12.0 Å². The lowest BCUT2D eigenvalue weighted by molar-refractivity contribution is -0.113. The Hall–Kier alpha value is -1.90. The normalized spacial score (nSPS) is 14.9. The van der Waals surface area contributed by atoms with Crippen LogP contribution in [0.3, 0.4) is 0 Å². The van der Waals surface area contributed by atoms with Gasteiger partial charge in [-0.05, 0) is 5.56 Å². The minimum atomic E-state index is 0.0352. The summed E-state index contributed by atoms with van der Waals surface area (Å²) in [4.78, 5) is 15.0. The number of hydrogen-bond donors (Lipinski definition) is 0. The van der Waals surface area contributed by atoms with Crippen molar-refractivity contribution in [1.29, 1.82) is 0 Å². The largest absolute Gasteiger partial charge is 0.476 e. The van der Waals surface area contributed by atoms with Crippen LogP contribution < -0.4 is 0 Å². The molecular formula is C12H11NO2. The third-order valence-electron chi connectivity index (χ3n) is 2.05. The lowest BCUT2D eigenvalue weighted by Gasteiger charge is -2.09. The molecule has 0 saturated heterocycles. The highest BCUT2D eigenvalue weighted by molar-refractivity contribution is 6.05. The fourth-order valence-corrected chi connectivity index (χ4v) is 1.29. The van der Waals surface area contributed by atoms with Crippen LogP contribution in [0.25, 0.3) is 0 Å². The van der Waals surface area contributed by atoms with Gasteiger partial charge in [-0.25, -0.2) is 4.99 Å². The Balaban J connectivity index is 1.92. The first-order chi connectivity index (χ1) is 7.34. The molecule has 1 aliphatic rings. The topological polar surface area (TPSA) is 38.7 Å². The van der Waals surface area contributed by atoms with Crippen LogP contribution >= 0.6 is 0 Å². The Morgan fingerprint density at radius 3 is 2.80 bits per heavy atom. The fraction of sp³-hybridized carbons (Fsp3) is 0.167. The smallest absolute Gasteiger partial charge is 0.196 e. The maximum absolute atomic E-state index is 11.0. The van der Waals surface area contributed by atoms with Gasteiger partial charge in [-0.1, -0.05) is 30.3 Å². The van der Waals surface area contributed by atoms with Gasteiger partial charge in [-0.15, -0.1) is 0 Å². The summed E-state index contributed by atoms with van der Waals surface area (Å²) >= 11 is 0. The molecule has 0 unspecified atom stereocenters. The molecule has 0 amide bonds. The molecule has 76 valence electrons. The van der Waals surface area contributed by atoms with E-state index in [1.807, 2.05) is 30.3 Å². The van der Waals surface area contributed by atoms with E-state index in [0.29, 0.717) is 12.5 Å². The first-order valence-corrected chi connectivity index (χ1v) is 4.77. The zero-order chi connectivity index (χ0) is 10.5. The van der Waals surface area contributed by atoms with Crippen LogP contribution in [-0.4, -0.2) is 11.7 Å². The Morgan fingerprint density at radius 2 is 2.07 bits per heavy atom. The SMILES string of the molecule is O=C1C=CN=C(OCc2ccccc2)C1. The van der Waals surface area contributed by atoms with Gasteiger partial charge >= 0.3 is 0 Å². The van der Waals surface area contributed by atoms with E-state index in [1.54, 1.807) is 0 Å². The molecule has 0 aliphatic carbocycles. The van der Waals surface area contributed by atoms with E-state index in [1.165, 1.54) is 12.3 Å². The molecule has 1 heterocycles. The molecule has 1 aromatic carbocycles. The number of allylic oxidation sites excluding steroid dienone is 1. The van der Waals surface area contributed by atoms with Crippen LogP contribution in [0, 0.1) is 0 Å². The van der Waals surface area contributed by atoms with Crippen LogP contribution in [0.4, 0.5) is 0 Å². The maximum atomic E-state index is 11.0. The summed E-state index contributed by atoms with van der Waals surface area (Å²) in [6.45, 7) is 0.459. The van der Waals surface area contributed by atoms with Crippen molar-refractivity contribution >= 4 is 11.7 Å². The highest BCUT2D eigenvalue weighted by Crippen LogP contribution is 2.05. The van der Waals surface area contributed by atoms with Crippen molar-refractivity contribution in [2.75, 3.05) is 0 Å². The van der Waals surface area contributed by atoms with Crippen molar-refractivity contribution in [1.82, 2.24) is 0 Å². The third kappa shape index (κ3) is 2.77. The summed E-state index contributed by atoms with van der Waals surface area (Å²) < 4.78 is 5.42. The molecule has 0 spiro atoms. The quantitative estimate of drug-likeness (QED) is 0.734. The molecule has 3 heteroatoms. The van der Waals surface area contributed by atoms with E-state index in [9.17, 15) is 4.79 Å². The van der Waals surface area contributed by atoms with Crippen LogP contribution in [0.15, 0.2) is 47.6 Å². The number of rotatable bonds is 2. The second-order valence-corrected chi connectivity index (χ2v) is 3.26. The van der Waals surface area contributed by atoms with Crippen molar-refractivity contribution < 1.29 is 9.53 Å². The summed E-state index contributed by atoms with van der Waals surface area (Å²) in [5.74, 6) is 0.527. The van der Waals surface area contributed by atoms with E-state index >= 15 is 0 Å². The monoisotopic (exact) mass is 201 g/mol. The summed E-state index contributed by atoms with van der Waals surface area (Å²) in [6.07, 6.45) is 3.20. The standard InChI is InChI=1S/C12H11NO2/c14-11-6-7-13-12(8-11)15-9-10-4-2-1-3-5-10/h1-7H,8-9H2. The summed E-state index contributed by atoms with van der Waals surface area (Å²) in [5, 5.41) is 0.